The highest BCUT2D eigenvalue weighted by Crippen LogP contribution is 2.39. The molecule has 0 bridgehead atoms. The van der Waals surface area contributed by atoms with Gasteiger partial charge in [0.2, 0.25) is 0 Å². The first kappa shape index (κ1) is 40.3. The van der Waals surface area contributed by atoms with Crippen molar-refractivity contribution in [3.63, 3.8) is 0 Å². The topological polar surface area (TPSA) is 53.4 Å². The van der Waals surface area contributed by atoms with Crippen LogP contribution >= 0.6 is 0 Å². The van der Waals surface area contributed by atoms with Crippen molar-refractivity contribution in [1.29, 1.82) is 0 Å². The monoisotopic (exact) mass is 665 g/mol. The molecule has 1 aliphatic heterocycles. The molecule has 0 aliphatic carbocycles. The molecule has 0 spiro atoms. The van der Waals surface area contributed by atoms with Crippen LogP contribution in [0.2, 0.25) is 0 Å². The molecule has 1 aliphatic rings. The maximum absolute atomic E-state index is 11.5. The van der Waals surface area contributed by atoms with E-state index in [1.54, 1.807) is 0 Å². The molecule has 2 aromatic carbocycles. The SMILES string of the molecule is CN1CCCN(Cc2cc(C(C)(C)C)cc(C(C)(C)C)c2O)CCN(C)CCCN(Cc2cc(C(C)(C)C)cc(C(C)(C)C)c2O)CC1. The molecule has 272 valence electrons. The summed E-state index contributed by atoms with van der Waals surface area (Å²) in [7, 11) is 4.48. The molecule has 1 saturated heterocycles. The lowest BCUT2D eigenvalue weighted by molar-refractivity contribution is 0.172. The molecule has 0 amide bonds. The third kappa shape index (κ3) is 11.5. The highest BCUT2D eigenvalue weighted by atomic mass is 16.3. The summed E-state index contributed by atoms with van der Waals surface area (Å²) in [5.41, 5.74) is 6.54. The number of rotatable bonds is 4. The maximum Gasteiger partial charge on any atom is 0.123 e. The van der Waals surface area contributed by atoms with E-state index in [9.17, 15) is 10.2 Å². The molecule has 6 heteroatoms. The molecule has 2 aromatic rings. The van der Waals surface area contributed by atoms with Gasteiger partial charge in [0.25, 0.3) is 0 Å². The Labute approximate surface area is 295 Å². The number of benzene rings is 2. The molecule has 1 heterocycles. The second kappa shape index (κ2) is 15.8. The average molecular weight is 665 g/mol. The Morgan fingerprint density at radius 3 is 1.08 bits per heavy atom. The van der Waals surface area contributed by atoms with Crippen LogP contribution in [-0.2, 0) is 34.7 Å². The number of phenols is 2. The Morgan fingerprint density at radius 1 is 0.458 bits per heavy atom. The zero-order valence-electron chi connectivity index (χ0n) is 33.5. The minimum Gasteiger partial charge on any atom is -0.507 e. The first-order valence-corrected chi connectivity index (χ1v) is 18.5. The summed E-state index contributed by atoms with van der Waals surface area (Å²) in [6.07, 6.45) is 2.16. The van der Waals surface area contributed by atoms with E-state index in [-0.39, 0.29) is 21.7 Å². The van der Waals surface area contributed by atoms with E-state index in [0.717, 1.165) is 101 Å². The molecule has 3 rings (SSSR count). The Kier molecular flexibility index (Phi) is 13.3. The van der Waals surface area contributed by atoms with Gasteiger partial charge in [-0.1, -0.05) is 107 Å². The van der Waals surface area contributed by atoms with Crippen molar-refractivity contribution in [2.75, 3.05) is 66.5 Å². The minimum atomic E-state index is -0.126. The third-order valence-electron chi connectivity index (χ3n) is 10.1. The standard InChI is InChI=1S/C42H72N4O2/c1-39(2,3)33-25-31(37(47)35(27-33)41(7,8)9)29-45-19-15-17-44(14)22-24-46(20-16-18-43(13)21-23-45)30-32-26-34(40(4,5)6)28-36(38(32)48)42(10,11)12/h25-28,47-48H,15-24,29-30H2,1-14H3. The first-order chi connectivity index (χ1) is 22.0. The summed E-state index contributed by atoms with van der Waals surface area (Å²) in [6, 6.07) is 8.94. The van der Waals surface area contributed by atoms with Gasteiger partial charge in [0.1, 0.15) is 11.5 Å². The number of phenolic OH excluding ortho intramolecular Hbond substituents is 2. The molecule has 1 fully saturated rings. The molecule has 2 N–H and O–H groups in total. The number of likely N-dealkylation sites (N-methyl/N-ethyl adjacent to an activating group) is 2. The van der Waals surface area contributed by atoms with E-state index in [1.807, 2.05) is 0 Å². The molecule has 0 saturated carbocycles. The number of hydrogen-bond acceptors (Lipinski definition) is 6. The summed E-state index contributed by atoms with van der Waals surface area (Å²) in [5, 5.41) is 23.0. The van der Waals surface area contributed by atoms with Crippen LogP contribution in [0.15, 0.2) is 24.3 Å². The van der Waals surface area contributed by atoms with Gasteiger partial charge in [0.15, 0.2) is 0 Å². The number of aromatic hydroxyl groups is 2. The molecule has 0 aromatic heterocycles. The fraction of sp³-hybridized carbons (Fsp3) is 0.714. The molecular formula is C42H72N4O2. The predicted octanol–water partition coefficient (Wildman–Crippen LogP) is 8.25. The lowest BCUT2D eigenvalue weighted by atomic mass is 9.79. The molecule has 48 heavy (non-hydrogen) atoms. The van der Waals surface area contributed by atoms with Gasteiger partial charge in [-0.05, 0) is 97.0 Å². The summed E-state index contributed by atoms with van der Waals surface area (Å²) in [5.74, 6) is 0.934. The predicted molar refractivity (Wildman–Crippen MR) is 206 cm³/mol. The maximum atomic E-state index is 11.5. The Bertz CT molecular complexity index is 1240. The van der Waals surface area contributed by atoms with Crippen molar-refractivity contribution in [3.05, 3.63) is 57.6 Å². The lowest BCUT2D eigenvalue weighted by Gasteiger charge is -2.32. The minimum absolute atomic E-state index is 0.0148. The van der Waals surface area contributed by atoms with Crippen molar-refractivity contribution in [1.82, 2.24) is 19.6 Å². The first-order valence-electron chi connectivity index (χ1n) is 18.5. The van der Waals surface area contributed by atoms with Crippen LogP contribution in [0.1, 0.15) is 129 Å². The summed E-state index contributed by atoms with van der Waals surface area (Å²) in [4.78, 5) is 10.0. The highest BCUT2D eigenvalue weighted by molar-refractivity contribution is 5.49. The van der Waals surface area contributed by atoms with Gasteiger partial charge in [-0.2, -0.15) is 0 Å². The second-order valence-electron chi connectivity index (χ2n) is 18.9. The lowest BCUT2D eigenvalue weighted by Crippen LogP contribution is -2.39. The van der Waals surface area contributed by atoms with Crippen LogP contribution in [0, 0.1) is 0 Å². The summed E-state index contributed by atoms with van der Waals surface area (Å²) >= 11 is 0. The second-order valence-corrected chi connectivity index (χ2v) is 18.9. The normalized spacial score (nSPS) is 18.6. The summed E-state index contributed by atoms with van der Waals surface area (Å²) in [6.45, 7) is 36.2. The van der Waals surface area contributed by atoms with Gasteiger partial charge in [0, 0.05) is 50.4 Å². The van der Waals surface area contributed by atoms with Gasteiger partial charge >= 0.3 is 0 Å². The van der Waals surface area contributed by atoms with Gasteiger partial charge < -0.3 is 20.0 Å². The van der Waals surface area contributed by atoms with Crippen LogP contribution in [-0.4, -0.2) is 96.3 Å². The van der Waals surface area contributed by atoms with Gasteiger partial charge in [-0.3, -0.25) is 9.80 Å². The summed E-state index contributed by atoms with van der Waals surface area (Å²) < 4.78 is 0. The Balaban J connectivity index is 1.79. The zero-order chi connectivity index (χ0) is 36.2. The van der Waals surface area contributed by atoms with Crippen LogP contribution in [0.5, 0.6) is 11.5 Å². The van der Waals surface area contributed by atoms with Gasteiger partial charge in [-0.15, -0.1) is 0 Å². The highest BCUT2D eigenvalue weighted by Gasteiger charge is 2.27. The molecular weight excluding hydrogens is 592 g/mol. The van der Waals surface area contributed by atoms with Crippen molar-refractivity contribution in [3.8, 4) is 11.5 Å². The van der Waals surface area contributed by atoms with E-state index in [1.165, 1.54) is 11.1 Å². The quantitative estimate of drug-likeness (QED) is 0.344. The van der Waals surface area contributed by atoms with Crippen molar-refractivity contribution in [2.24, 2.45) is 0 Å². The molecule has 0 radical (unpaired) electrons. The average Bonchev–Trinajstić information content (AvgIpc) is 2.93. The van der Waals surface area contributed by atoms with Crippen molar-refractivity contribution in [2.45, 2.75) is 131 Å². The fourth-order valence-electron chi connectivity index (χ4n) is 6.64. The van der Waals surface area contributed by atoms with Crippen LogP contribution in [0.25, 0.3) is 0 Å². The smallest absolute Gasteiger partial charge is 0.123 e. The van der Waals surface area contributed by atoms with Crippen molar-refractivity contribution >= 4 is 0 Å². The fourth-order valence-corrected chi connectivity index (χ4v) is 6.64. The van der Waals surface area contributed by atoms with Gasteiger partial charge in [0.05, 0.1) is 0 Å². The van der Waals surface area contributed by atoms with E-state index in [2.05, 4.69) is 141 Å². The number of hydrogen-bond donors (Lipinski definition) is 2. The zero-order valence-corrected chi connectivity index (χ0v) is 33.5. The Hall–Kier alpha value is -2.12. The number of nitrogens with zero attached hydrogens (tertiary/aromatic N) is 4. The molecule has 0 atom stereocenters. The largest absolute Gasteiger partial charge is 0.507 e. The third-order valence-corrected chi connectivity index (χ3v) is 10.1. The van der Waals surface area contributed by atoms with Crippen LogP contribution in [0.4, 0.5) is 0 Å². The van der Waals surface area contributed by atoms with Crippen LogP contribution < -0.4 is 0 Å². The van der Waals surface area contributed by atoms with Crippen molar-refractivity contribution < 1.29 is 10.2 Å². The van der Waals surface area contributed by atoms with Crippen LogP contribution in [0.3, 0.4) is 0 Å². The van der Waals surface area contributed by atoms with Gasteiger partial charge in [-0.25, -0.2) is 0 Å². The Morgan fingerprint density at radius 2 is 0.792 bits per heavy atom. The van der Waals surface area contributed by atoms with E-state index < -0.39 is 0 Å². The van der Waals surface area contributed by atoms with E-state index in [4.69, 9.17) is 0 Å². The molecule has 6 nitrogen and oxygen atoms in total. The van der Waals surface area contributed by atoms with E-state index in [0.29, 0.717) is 11.5 Å². The van der Waals surface area contributed by atoms with E-state index >= 15 is 0 Å². The molecule has 0 unspecified atom stereocenters.